The van der Waals surface area contributed by atoms with E-state index in [2.05, 4.69) is 125 Å². The summed E-state index contributed by atoms with van der Waals surface area (Å²) in [5.74, 6) is 1.01. The molecule has 31 heavy (non-hydrogen) atoms. The highest BCUT2D eigenvalue weighted by atomic mass is 14.5. The van der Waals surface area contributed by atoms with Gasteiger partial charge in [-0.15, -0.1) is 0 Å². The molecule has 1 aliphatic rings. The fourth-order valence-corrected chi connectivity index (χ4v) is 5.25. The second-order valence-corrected chi connectivity index (χ2v) is 9.40. The number of hydrogen-bond acceptors (Lipinski definition) is 0. The maximum atomic E-state index is 2.44. The number of benzene rings is 4. The van der Waals surface area contributed by atoms with Gasteiger partial charge in [-0.25, -0.2) is 0 Å². The van der Waals surface area contributed by atoms with E-state index >= 15 is 0 Å². The van der Waals surface area contributed by atoms with Crippen molar-refractivity contribution in [2.75, 3.05) is 0 Å². The Bertz CT molecular complexity index is 1110. The molecule has 0 spiro atoms. The molecule has 0 atom stereocenters. The Morgan fingerprint density at radius 2 is 0.871 bits per heavy atom. The van der Waals surface area contributed by atoms with Crippen LogP contribution < -0.4 is 0 Å². The summed E-state index contributed by atoms with van der Waals surface area (Å²) >= 11 is 0. The summed E-state index contributed by atoms with van der Waals surface area (Å²) in [6, 6.07) is 36.4. The first kappa shape index (κ1) is 19.8. The van der Waals surface area contributed by atoms with Crippen molar-refractivity contribution in [3.05, 3.63) is 130 Å². The smallest absolute Gasteiger partial charge is 0.0622 e. The van der Waals surface area contributed by atoms with Crippen molar-refractivity contribution < 1.29 is 0 Å². The molecule has 0 radical (unpaired) electrons. The van der Waals surface area contributed by atoms with Crippen LogP contribution >= 0.6 is 0 Å². The fourth-order valence-electron chi connectivity index (χ4n) is 5.25. The lowest BCUT2D eigenvalue weighted by Crippen LogP contribution is -2.28. The summed E-state index contributed by atoms with van der Waals surface area (Å²) in [5, 5.41) is 0. The van der Waals surface area contributed by atoms with Crippen molar-refractivity contribution in [1.29, 1.82) is 0 Å². The van der Waals surface area contributed by atoms with Gasteiger partial charge in [0.1, 0.15) is 0 Å². The van der Waals surface area contributed by atoms with Crippen LogP contribution in [0.5, 0.6) is 0 Å². The molecule has 0 fully saturated rings. The molecule has 4 aromatic carbocycles. The summed E-state index contributed by atoms with van der Waals surface area (Å²) in [5.41, 5.74) is 10.7. The van der Waals surface area contributed by atoms with E-state index in [9.17, 15) is 0 Å². The van der Waals surface area contributed by atoms with Crippen LogP contribution in [0.25, 0.3) is 11.1 Å². The quantitative estimate of drug-likeness (QED) is 0.283. The van der Waals surface area contributed by atoms with Crippen LogP contribution in [-0.2, 0) is 5.41 Å². The minimum absolute atomic E-state index is 0.293. The van der Waals surface area contributed by atoms with Crippen molar-refractivity contribution in [3.63, 3.8) is 0 Å². The third-order valence-corrected chi connectivity index (χ3v) is 6.93. The van der Waals surface area contributed by atoms with E-state index in [0.717, 1.165) is 0 Å². The SMILES string of the molecule is CC(C)c1ccc2c(c1)-c1cc(C(C)C)ccc1C2(c1ccccc1)c1ccccc1. The molecule has 0 aliphatic heterocycles. The van der Waals surface area contributed by atoms with Gasteiger partial charge in [-0.2, -0.15) is 0 Å². The Balaban J connectivity index is 1.93. The molecule has 0 unspecified atom stereocenters. The number of rotatable bonds is 4. The lowest BCUT2D eigenvalue weighted by atomic mass is 9.67. The molecule has 0 aromatic heterocycles. The zero-order valence-corrected chi connectivity index (χ0v) is 18.9. The minimum Gasteiger partial charge on any atom is -0.0622 e. The fraction of sp³-hybridized carbons (Fsp3) is 0.226. The van der Waals surface area contributed by atoms with E-state index in [1.807, 2.05) is 0 Å². The number of fused-ring (bicyclic) bond motifs is 3. The summed E-state index contributed by atoms with van der Waals surface area (Å²) in [4.78, 5) is 0. The molecule has 0 saturated heterocycles. The number of hydrogen-bond donors (Lipinski definition) is 0. The molecule has 0 amide bonds. The van der Waals surface area contributed by atoms with Gasteiger partial charge >= 0.3 is 0 Å². The van der Waals surface area contributed by atoms with Gasteiger partial charge in [0.15, 0.2) is 0 Å². The average molecular weight is 403 g/mol. The Labute approximate surface area is 186 Å². The maximum Gasteiger partial charge on any atom is 0.0713 e. The molecular formula is C31H30. The first-order chi connectivity index (χ1) is 15.0. The standard InChI is InChI=1S/C31H30/c1-21(2)23-15-17-29-27(19-23)28-20-24(22(3)4)16-18-30(28)31(29,25-11-7-5-8-12-25)26-13-9-6-10-14-26/h5-22H,1-4H3. The molecule has 5 rings (SSSR count). The van der Waals surface area contributed by atoms with E-state index < -0.39 is 0 Å². The van der Waals surface area contributed by atoms with Gasteiger partial charge in [-0.1, -0.05) is 125 Å². The predicted molar refractivity (Wildman–Crippen MR) is 132 cm³/mol. The van der Waals surface area contributed by atoms with E-state index in [0.29, 0.717) is 11.8 Å². The van der Waals surface area contributed by atoms with Crippen molar-refractivity contribution in [2.24, 2.45) is 0 Å². The normalized spacial score (nSPS) is 14.0. The lowest BCUT2D eigenvalue weighted by Gasteiger charge is -2.34. The van der Waals surface area contributed by atoms with Crippen LogP contribution in [0.2, 0.25) is 0 Å². The molecule has 1 aliphatic carbocycles. The molecule has 0 saturated carbocycles. The second-order valence-electron chi connectivity index (χ2n) is 9.40. The van der Waals surface area contributed by atoms with Gasteiger partial charge in [-0.3, -0.25) is 0 Å². The largest absolute Gasteiger partial charge is 0.0713 e. The first-order valence-electron chi connectivity index (χ1n) is 11.4. The molecule has 0 bridgehead atoms. The molecule has 0 heteroatoms. The highest BCUT2D eigenvalue weighted by Crippen LogP contribution is 2.56. The van der Waals surface area contributed by atoms with Crippen molar-refractivity contribution in [3.8, 4) is 11.1 Å². The first-order valence-corrected chi connectivity index (χ1v) is 11.4. The van der Waals surface area contributed by atoms with Gasteiger partial charge in [0.2, 0.25) is 0 Å². The highest BCUT2D eigenvalue weighted by molar-refractivity contribution is 5.87. The molecule has 0 N–H and O–H groups in total. The van der Waals surface area contributed by atoms with Gasteiger partial charge < -0.3 is 0 Å². The van der Waals surface area contributed by atoms with E-state index in [1.165, 1.54) is 44.5 Å². The van der Waals surface area contributed by atoms with E-state index in [1.54, 1.807) is 0 Å². The van der Waals surface area contributed by atoms with E-state index in [4.69, 9.17) is 0 Å². The third kappa shape index (κ3) is 2.97. The Morgan fingerprint density at radius 3 is 1.23 bits per heavy atom. The topological polar surface area (TPSA) is 0 Å². The molecule has 0 nitrogen and oxygen atoms in total. The van der Waals surface area contributed by atoms with Crippen molar-refractivity contribution in [1.82, 2.24) is 0 Å². The minimum atomic E-state index is -0.293. The van der Waals surface area contributed by atoms with Crippen molar-refractivity contribution >= 4 is 0 Å². The van der Waals surface area contributed by atoms with Crippen LogP contribution in [0, 0.1) is 0 Å². The summed E-state index contributed by atoms with van der Waals surface area (Å²) in [7, 11) is 0. The summed E-state index contributed by atoms with van der Waals surface area (Å²) < 4.78 is 0. The Kier molecular flexibility index (Phi) is 4.82. The van der Waals surface area contributed by atoms with E-state index in [-0.39, 0.29) is 5.41 Å². The zero-order valence-electron chi connectivity index (χ0n) is 18.9. The Hall–Kier alpha value is -3.12. The summed E-state index contributed by atoms with van der Waals surface area (Å²) in [6.45, 7) is 9.13. The zero-order chi connectivity index (χ0) is 21.6. The van der Waals surface area contributed by atoms with Crippen molar-refractivity contribution in [2.45, 2.75) is 44.9 Å². The highest BCUT2D eigenvalue weighted by Gasteiger charge is 2.46. The molecule has 0 heterocycles. The van der Waals surface area contributed by atoms with Gasteiger partial charge in [-0.05, 0) is 56.3 Å². The average Bonchev–Trinajstić information content (AvgIpc) is 3.10. The van der Waals surface area contributed by atoms with Crippen LogP contribution in [-0.4, -0.2) is 0 Å². The van der Waals surface area contributed by atoms with Crippen LogP contribution in [0.1, 0.15) is 72.9 Å². The van der Waals surface area contributed by atoms with Gasteiger partial charge in [0.05, 0.1) is 5.41 Å². The predicted octanol–water partition coefficient (Wildman–Crippen LogP) is 8.30. The monoisotopic (exact) mass is 402 g/mol. The lowest BCUT2D eigenvalue weighted by molar-refractivity contribution is 0.764. The molecule has 154 valence electrons. The summed E-state index contributed by atoms with van der Waals surface area (Å²) in [6.07, 6.45) is 0. The maximum absolute atomic E-state index is 2.44. The van der Waals surface area contributed by atoms with Crippen LogP contribution in [0.4, 0.5) is 0 Å². The molecule has 4 aromatic rings. The van der Waals surface area contributed by atoms with Gasteiger partial charge in [0.25, 0.3) is 0 Å². The Morgan fingerprint density at radius 1 is 0.484 bits per heavy atom. The van der Waals surface area contributed by atoms with Gasteiger partial charge in [0, 0.05) is 0 Å². The van der Waals surface area contributed by atoms with Crippen LogP contribution in [0.3, 0.4) is 0 Å². The second kappa shape index (κ2) is 7.54. The third-order valence-electron chi connectivity index (χ3n) is 6.93. The molecular weight excluding hydrogens is 372 g/mol. The van der Waals surface area contributed by atoms with Crippen LogP contribution in [0.15, 0.2) is 97.1 Å².